The molecule has 2 unspecified atom stereocenters. The van der Waals surface area contributed by atoms with Crippen molar-refractivity contribution >= 4 is 11.6 Å². The van der Waals surface area contributed by atoms with E-state index in [1.807, 2.05) is 0 Å². The Morgan fingerprint density at radius 2 is 1.67 bits per heavy atom. The van der Waals surface area contributed by atoms with Gasteiger partial charge in [0.1, 0.15) is 0 Å². The molecule has 0 bridgehead atoms. The molecule has 0 N–H and O–H groups in total. The van der Waals surface area contributed by atoms with Crippen molar-refractivity contribution in [2.45, 2.75) is 63.7 Å². The molecule has 0 heterocycles. The monoisotopic (exact) mass is 264 g/mol. The number of halogens is 1. The van der Waals surface area contributed by atoms with Gasteiger partial charge in [-0.3, -0.25) is 0 Å². The summed E-state index contributed by atoms with van der Waals surface area (Å²) in [5, 5.41) is 0.390. The molecule has 0 radical (unpaired) electrons. The highest BCUT2D eigenvalue weighted by Gasteiger charge is 2.23. The fraction of sp³-hybridized carbons (Fsp3) is 0.647. The Labute approximate surface area is 117 Å². The smallest absolute Gasteiger partial charge is 0.0367 e. The van der Waals surface area contributed by atoms with E-state index >= 15 is 0 Å². The van der Waals surface area contributed by atoms with Gasteiger partial charge in [-0.1, -0.05) is 57.9 Å². The minimum Gasteiger partial charge on any atom is -0.123 e. The van der Waals surface area contributed by atoms with Crippen LogP contribution in [0.2, 0.25) is 0 Å². The largest absolute Gasteiger partial charge is 0.123 e. The average molecular weight is 265 g/mol. The van der Waals surface area contributed by atoms with Gasteiger partial charge in [-0.25, -0.2) is 0 Å². The van der Waals surface area contributed by atoms with Crippen molar-refractivity contribution in [2.75, 3.05) is 0 Å². The zero-order chi connectivity index (χ0) is 13.2. The van der Waals surface area contributed by atoms with E-state index < -0.39 is 0 Å². The predicted octanol–water partition coefficient (Wildman–Crippen LogP) is 5.32. The second kappa shape index (κ2) is 5.65. The highest BCUT2D eigenvalue weighted by Crippen LogP contribution is 2.31. The lowest BCUT2D eigenvalue weighted by atomic mass is 9.83. The minimum atomic E-state index is 0.248. The zero-order valence-electron chi connectivity index (χ0n) is 11.9. The minimum absolute atomic E-state index is 0.248. The van der Waals surface area contributed by atoms with Crippen LogP contribution in [-0.4, -0.2) is 5.38 Å². The standard InChI is InChI=1S/C17H25Cl/c1-17(2,3)15-10-8-13(9-11-15)12-14-6-4-5-7-16(14)18/h8-11,14,16H,4-7,12H2,1-3H3. The van der Waals surface area contributed by atoms with Gasteiger partial charge >= 0.3 is 0 Å². The van der Waals surface area contributed by atoms with Crippen molar-refractivity contribution in [1.82, 2.24) is 0 Å². The lowest BCUT2D eigenvalue weighted by Crippen LogP contribution is -2.21. The molecule has 0 aliphatic heterocycles. The lowest BCUT2D eigenvalue weighted by molar-refractivity contribution is 0.364. The van der Waals surface area contributed by atoms with Gasteiger partial charge in [-0.05, 0) is 41.7 Å². The Balaban J connectivity index is 2.02. The Kier molecular flexibility index (Phi) is 4.37. The molecule has 1 aromatic rings. The number of rotatable bonds is 2. The topological polar surface area (TPSA) is 0 Å². The summed E-state index contributed by atoms with van der Waals surface area (Å²) in [5.41, 5.74) is 3.11. The van der Waals surface area contributed by atoms with E-state index in [-0.39, 0.29) is 5.41 Å². The average Bonchev–Trinajstić information content (AvgIpc) is 2.32. The van der Waals surface area contributed by atoms with Gasteiger partial charge in [0, 0.05) is 5.38 Å². The molecular formula is C17H25Cl. The van der Waals surface area contributed by atoms with Crippen LogP contribution in [0.1, 0.15) is 57.6 Å². The molecule has 1 aliphatic rings. The normalized spacial score (nSPS) is 25.1. The Hall–Kier alpha value is -0.490. The maximum Gasteiger partial charge on any atom is 0.0367 e. The van der Waals surface area contributed by atoms with Gasteiger partial charge in [0.05, 0.1) is 0 Å². The van der Waals surface area contributed by atoms with Gasteiger partial charge in [-0.15, -0.1) is 11.6 Å². The molecule has 0 nitrogen and oxygen atoms in total. The molecule has 0 aromatic heterocycles. The van der Waals surface area contributed by atoms with Crippen LogP contribution in [0.5, 0.6) is 0 Å². The molecule has 1 fully saturated rings. The molecule has 0 spiro atoms. The van der Waals surface area contributed by atoms with Crippen molar-refractivity contribution in [3.8, 4) is 0 Å². The molecule has 2 atom stereocenters. The van der Waals surface area contributed by atoms with E-state index in [9.17, 15) is 0 Å². The van der Waals surface area contributed by atoms with Crippen molar-refractivity contribution in [3.05, 3.63) is 35.4 Å². The SMILES string of the molecule is CC(C)(C)c1ccc(CC2CCCCC2Cl)cc1. The van der Waals surface area contributed by atoms with Crippen LogP contribution in [0.15, 0.2) is 24.3 Å². The first-order valence-electron chi connectivity index (χ1n) is 7.20. The molecule has 1 aromatic carbocycles. The summed E-state index contributed by atoms with van der Waals surface area (Å²) in [5.74, 6) is 0.681. The van der Waals surface area contributed by atoms with Crippen molar-refractivity contribution in [3.63, 3.8) is 0 Å². The summed E-state index contributed by atoms with van der Waals surface area (Å²) in [7, 11) is 0. The first-order valence-corrected chi connectivity index (χ1v) is 7.64. The summed E-state index contributed by atoms with van der Waals surface area (Å²) in [6, 6.07) is 9.14. The predicted molar refractivity (Wildman–Crippen MR) is 80.4 cm³/mol. The molecule has 1 saturated carbocycles. The van der Waals surface area contributed by atoms with Crippen LogP contribution in [0.3, 0.4) is 0 Å². The Morgan fingerprint density at radius 3 is 2.22 bits per heavy atom. The van der Waals surface area contributed by atoms with E-state index in [0.717, 1.165) is 6.42 Å². The molecule has 0 saturated heterocycles. The highest BCUT2D eigenvalue weighted by molar-refractivity contribution is 6.20. The van der Waals surface area contributed by atoms with E-state index in [1.165, 1.54) is 36.8 Å². The van der Waals surface area contributed by atoms with E-state index in [1.54, 1.807) is 0 Å². The maximum absolute atomic E-state index is 6.44. The molecule has 1 aliphatic carbocycles. The maximum atomic E-state index is 6.44. The molecule has 18 heavy (non-hydrogen) atoms. The van der Waals surface area contributed by atoms with Crippen LogP contribution in [0.4, 0.5) is 0 Å². The Morgan fingerprint density at radius 1 is 1.06 bits per heavy atom. The Bertz CT molecular complexity index is 372. The molecule has 2 rings (SSSR count). The fourth-order valence-electron chi connectivity index (χ4n) is 2.84. The highest BCUT2D eigenvalue weighted by atomic mass is 35.5. The van der Waals surface area contributed by atoms with Gasteiger partial charge in [-0.2, -0.15) is 0 Å². The summed E-state index contributed by atoms with van der Waals surface area (Å²) in [6.45, 7) is 6.79. The van der Waals surface area contributed by atoms with Crippen molar-refractivity contribution in [2.24, 2.45) is 5.92 Å². The number of benzene rings is 1. The van der Waals surface area contributed by atoms with Crippen LogP contribution in [0.25, 0.3) is 0 Å². The van der Waals surface area contributed by atoms with Gasteiger partial charge in [0.25, 0.3) is 0 Å². The van der Waals surface area contributed by atoms with Crippen molar-refractivity contribution in [1.29, 1.82) is 0 Å². The van der Waals surface area contributed by atoms with E-state index in [4.69, 9.17) is 11.6 Å². The first-order chi connectivity index (χ1) is 8.47. The molecular weight excluding hydrogens is 240 g/mol. The summed E-state index contributed by atoms with van der Waals surface area (Å²) >= 11 is 6.44. The fourth-order valence-corrected chi connectivity index (χ4v) is 3.21. The second-order valence-electron chi connectivity index (χ2n) is 6.71. The third-order valence-corrected chi connectivity index (χ3v) is 4.71. The quantitative estimate of drug-likeness (QED) is 0.634. The third-order valence-electron chi connectivity index (χ3n) is 4.13. The summed E-state index contributed by atoms with van der Waals surface area (Å²) in [6.07, 6.45) is 6.32. The molecule has 0 amide bonds. The lowest BCUT2D eigenvalue weighted by Gasteiger charge is -2.27. The molecule has 1 heteroatoms. The zero-order valence-corrected chi connectivity index (χ0v) is 12.6. The van der Waals surface area contributed by atoms with Gasteiger partial charge in [0.2, 0.25) is 0 Å². The van der Waals surface area contributed by atoms with E-state index in [2.05, 4.69) is 45.0 Å². The van der Waals surface area contributed by atoms with Crippen LogP contribution >= 0.6 is 11.6 Å². The first kappa shape index (κ1) is 13.9. The third kappa shape index (κ3) is 3.51. The van der Waals surface area contributed by atoms with Crippen LogP contribution in [0, 0.1) is 5.92 Å². The van der Waals surface area contributed by atoms with Crippen molar-refractivity contribution < 1.29 is 0 Å². The number of alkyl halides is 1. The van der Waals surface area contributed by atoms with Gasteiger partial charge in [0.15, 0.2) is 0 Å². The van der Waals surface area contributed by atoms with Gasteiger partial charge < -0.3 is 0 Å². The summed E-state index contributed by atoms with van der Waals surface area (Å²) in [4.78, 5) is 0. The second-order valence-corrected chi connectivity index (χ2v) is 7.27. The summed E-state index contributed by atoms with van der Waals surface area (Å²) < 4.78 is 0. The van der Waals surface area contributed by atoms with Crippen LogP contribution < -0.4 is 0 Å². The van der Waals surface area contributed by atoms with E-state index in [0.29, 0.717) is 11.3 Å². The van der Waals surface area contributed by atoms with Crippen LogP contribution in [-0.2, 0) is 11.8 Å². The molecule has 100 valence electrons. The number of hydrogen-bond acceptors (Lipinski definition) is 0. The number of hydrogen-bond donors (Lipinski definition) is 0.